The van der Waals surface area contributed by atoms with Crippen molar-refractivity contribution >= 4 is 34.2 Å². The topological polar surface area (TPSA) is 93.3 Å². The molecule has 86 valence electrons. The Balaban J connectivity index is 3.52. The molecule has 6 nitrogen and oxygen atoms in total. The first-order valence-electron chi connectivity index (χ1n) is 3.71. The predicted octanol–water partition coefficient (Wildman–Crippen LogP) is 2.23. The minimum atomic E-state index is -2.99. The normalized spacial score (nSPS) is 10.5. The molecule has 0 atom stereocenters. The van der Waals surface area contributed by atoms with Crippen LogP contribution < -0.4 is 0 Å². The van der Waals surface area contributed by atoms with Gasteiger partial charge in [0.15, 0.2) is 5.56 Å². The second kappa shape index (κ2) is 4.63. The molecule has 0 fully saturated rings. The summed E-state index contributed by atoms with van der Waals surface area (Å²) in [5.74, 6) is -1.58. The van der Waals surface area contributed by atoms with E-state index in [1.54, 1.807) is 0 Å². The lowest BCUT2D eigenvalue weighted by atomic mass is 10.2. The summed E-state index contributed by atoms with van der Waals surface area (Å²) in [6.07, 6.45) is -2.99. The lowest BCUT2D eigenvalue weighted by Crippen LogP contribution is -2.09. The highest BCUT2D eigenvalue weighted by molar-refractivity contribution is 14.1. The van der Waals surface area contributed by atoms with Crippen molar-refractivity contribution in [3.63, 3.8) is 0 Å². The number of nitrogens with zero attached hydrogens (tertiary/aromatic N) is 2. The van der Waals surface area contributed by atoms with Crippen LogP contribution in [0.2, 0.25) is 0 Å². The summed E-state index contributed by atoms with van der Waals surface area (Å²) in [4.78, 5) is 23.5. The Labute approximate surface area is 101 Å². The first-order chi connectivity index (χ1) is 7.34. The lowest BCUT2D eigenvalue weighted by Gasteiger charge is -2.03. The molecule has 0 bridgehead atoms. The largest absolute Gasteiger partial charge is 0.477 e. The highest BCUT2D eigenvalue weighted by atomic mass is 127. The smallest absolute Gasteiger partial charge is 0.345 e. The van der Waals surface area contributed by atoms with Crippen LogP contribution in [-0.4, -0.2) is 21.0 Å². The van der Waals surface area contributed by atoms with Gasteiger partial charge in [0.25, 0.3) is 12.1 Å². The van der Waals surface area contributed by atoms with Gasteiger partial charge in [0.2, 0.25) is 0 Å². The van der Waals surface area contributed by atoms with Gasteiger partial charge >= 0.3 is 5.97 Å². The Morgan fingerprint density at radius 3 is 2.56 bits per heavy atom. The second-order valence-corrected chi connectivity index (χ2v) is 3.62. The molecule has 0 saturated carbocycles. The summed E-state index contributed by atoms with van der Waals surface area (Å²) < 4.78 is 24.2. The van der Waals surface area contributed by atoms with E-state index >= 15 is 0 Å². The van der Waals surface area contributed by atoms with Gasteiger partial charge in [-0.2, -0.15) is 0 Å². The van der Waals surface area contributed by atoms with Gasteiger partial charge in [-0.3, -0.25) is 10.1 Å². The maximum absolute atomic E-state index is 12.3. The molecule has 1 heterocycles. The van der Waals surface area contributed by atoms with Crippen molar-refractivity contribution in [2.45, 2.75) is 6.43 Å². The molecule has 0 aliphatic heterocycles. The summed E-state index contributed by atoms with van der Waals surface area (Å²) in [5, 5.41) is 19.2. The van der Waals surface area contributed by atoms with Crippen LogP contribution in [0.15, 0.2) is 6.07 Å². The number of carbonyl (C=O) groups is 1. The third-order valence-corrected chi connectivity index (χ3v) is 2.39. The first kappa shape index (κ1) is 12.7. The van der Waals surface area contributed by atoms with Crippen LogP contribution in [0.4, 0.5) is 14.5 Å². The molecular weight excluding hydrogens is 341 g/mol. The zero-order valence-corrected chi connectivity index (χ0v) is 9.51. The number of nitro groups is 1. The Morgan fingerprint density at radius 1 is 1.62 bits per heavy atom. The summed E-state index contributed by atoms with van der Waals surface area (Å²) in [6.45, 7) is 0. The van der Waals surface area contributed by atoms with Crippen LogP contribution >= 0.6 is 22.6 Å². The fraction of sp³-hybridized carbons (Fsp3) is 0.143. The molecule has 0 aliphatic rings. The average Bonchev–Trinajstić information content (AvgIpc) is 2.15. The summed E-state index contributed by atoms with van der Waals surface area (Å²) in [7, 11) is 0. The minimum absolute atomic E-state index is 0.338. The van der Waals surface area contributed by atoms with Crippen molar-refractivity contribution in [1.29, 1.82) is 0 Å². The molecule has 0 unspecified atom stereocenters. The molecule has 16 heavy (non-hydrogen) atoms. The molecule has 0 aliphatic carbocycles. The van der Waals surface area contributed by atoms with Crippen LogP contribution in [0.1, 0.15) is 22.5 Å². The van der Waals surface area contributed by atoms with Crippen LogP contribution in [0.3, 0.4) is 0 Å². The van der Waals surface area contributed by atoms with E-state index in [0.29, 0.717) is 6.07 Å². The minimum Gasteiger partial charge on any atom is -0.477 e. The monoisotopic (exact) mass is 344 g/mol. The fourth-order valence-electron chi connectivity index (χ4n) is 0.973. The molecule has 9 heteroatoms. The summed E-state index contributed by atoms with van der Waals surface area (Å²) >= 11 is 1.36. The number of hydrogen-bond acceptors (Lipinski definition) is 4. The molecule has 0 saturated heterocycles. The number of aromatic nitrogens is 1. The van der Waals surface area contributed by atoms with E-state index in [1.807, 2.05) is 0 Å². The van der Waals surface area contributed by atoms with Crippen molar-refractivity contribution in [2.24, 2.45) is 0 Å². The van der Waals surface area contributed by atoms with E-state index in [9.17, 15) is 23.7 Å². The number of carboxylic acids is 1. The molecule has 0 radical (unpaired) electrons. The Bertz CT molecular complexity index is 466. The van der Waals surface area contributed by atoms with Crippen molar-refractivity contribution in [1.82, 2.24) is 4.98 Å². The summed E-state index contributed by atoms with van der Waals surface area (Å²) in [6, 6.07) is 0.469. The molecule has 1 aromatic heterocycles. The van der Waals surface area contributed by atoms with Crippen LogP contribution in [0, 0.1) is 13.8 Å². The van der Waals surface area contributed by atoms with Gasteiger partial charge < -0.3 is 5.11 Å². The SMILES string of the molecule is O=C(O)c1c([N+](=O)[O-])cc(C(F)F)nc1I. The van der Waals surface area contributed by atoms with E-state index in [4.69, 9.17) is 5.11 Å². The number of hydrogen-bond donors (Lipinski definition) is 1. The standard InChI is InChI=1S/C7H3F2IN2O4/c8-5(9)2-1-3(12(15)16)4(7(13)14)6(10)11-2/h1,5H,(H,13,14). The maximum atomic E-state index is 12.3. The maximum Gasteiger partial charge on any atom is 0.345 e. The third kappa shape index (κ3) is 2.40. The molecule has 0 aromatic carbocycles. The van der Waals surface area contributed by atoms with Crippen LogP contribution in [0.5, 0.6) is 0 Å². The van der Waals surface area contributed by atoms with Gasteiger partial charge in [-0.25, -0.2) is 18.6 Å². The molecule has 1 rings (SSSR count). The first-order valence-corrected chi connectivity index (χ1v) is 4.78. The van der Waals surface area contributed by atoms with Gasteiger partial charge in [0, 0.05) is 6.07 Å². The Hall–Kier alpha value is -1.39. The Kier molecular flexibility index (Phi) is 3.67. The molecule has 1 aromatic rings. The van der Waals surface area contributed by atoms with E-state index in [0.717, 1.165) is 0 Å². The van der Waals surface area contributed by atoms with Gasteiger partial charge in [-0.1, -0.05) is 0 Å². The zero-order chi connectivity index (χ0) is 12.5. The molecule has 1 N–H and O–H groups in total. The highest BCUT2D eigenvalue weighted by Gasteiger charge is 2.27. The number of halogens is 3. The lowest BCUT2D eigenvalue weighted by molar-refractivity contribution is -0.385. The molecule has 0 spiro atoms. The van der Waals surface area contributed by atoms with Crippen molar-refractivity contribution in [3.05, 3.63) is 31.1 Å². The predicted molar refractivity (Wildman–Crippen MR) is 55.5 cm³/mol. The highest BCUT2D eigenvalue weighted by Crippen LogP contribution is 2.28. The molecular formula is C7H3F2IN2O4. The zero-order valence-electron chi connectivity index (χ0n) is 7.35. The van der Waals surface area contributed by atoms with E-state index < -0.39 is 34.3 Å². The number of aromatic carboxylic acids is 1. The third-order valence-electron chi connectivity index (χ3n) is 1.61. The Morgan fingerprint density at radius 2 is 2.19 bits per heavy atom. The van der Waals surface area contributed by atoms with E-state index in [1.165, 1.54) is 22.6 Å². The van der Waals surface area contributed by atoms with Gasteiger partial charge in [0.05, 0.1) is 4.92 Å². The second-order valence-electron chi connectivity index (χ2n) is 2.60. The fourth-order valence-corrected chi connectivity index (χ4v) is 1.76. The van der Waals surface area contributed by atoms with Crippen molar-refractivity contribution < 1.29 is 23.6 Å². The van der Waals surface area contributed by atoms with E-state index in [2.05, 4.69) is 4.98 Å². The van der Waals surface area contributed by atoms with Crippen molar-refractivity contribution in [3.8, 4) is 0 Å². The van der Waals surface area contributed by atoms with Gasteiger partial charge in [0.1, 0.15) is 9.39 Å². The number of carboxylic acid groups (broad SMARTS) is 1. The summed E-state index contributed by atoms with van der Waals surface area (Å²) in [5.41, 5.74) is -2.39. The van der Waals surface area contributed by atoms with Crippen molar-refractivity contribution in [2.75, 3.05) is 0 Å². The van der Waals surface area contributed by atoms with Gasteiger partial charge in [-0.05, 0) is 22.6 Å². The number of rotatable bonds is 3. The number of pyridine rings is 1. The number of alkyl halides is 2. The van der Waals surface area contributed by atoms with Crippen LogP contribution in [0.25, 0.3) is 0 Å². The van der Waals surface area contributed by atoms with E-state index in [-0.39, 0.29) is 3.70 Å². The molecule has 0 amide bonds. The van der Waals surface area contributed by atoms with Crippen LogP contribution in [-0.2, 0) is 0 Å². The average molecular weight is 344 g/mol. The van der Waals surface area contributed by atoms with Gasteiger partial charge in [-0.15, -0.1) is 0 Å². The quantitative estimate of drug-likeness (QED) is 0.393.